The van der Waals surface area contributed by atoms with Gasteiger partial charge in [-0.3, -0.25) is 4.90 Å². The van der Waals surface area contributed by atoms with Gasteiger partial charge in [0.25, 0.3) is 10.0 Å². The van der Waals surface area contributed by atoms with Crippen LogP contribution in [0, 0.1) is 0 Å². The van der Waals surface area contributed by atoms with E-state index in [1.165, 1.54) is 38.4 Å². The molecule has 3 heterocycles. The first-order chi connectivity index (χ1) is 17.0. The third-order valence-corrected chi connectivity index (χ3v) is 8.50. The number of aryl methyl sites for hydroxylation is 1. The summed E-state index contributed by atoms with van der Waals surface area (Å²) < 4.78 is 74.2. The van der Waals surface area contributed by atoms with Gasteiger partial charge < -0.3 is 9.30 Å². The summed E-state index contributed by atoms with van der Waals surface area (Å²) in [6, 6.07) is 13.8. The Morgan fingerprint density at radius 2 is 1.81 bits per heavy atom. The van der Waals surface area contributed by atoms with Crippen LogP contribution in [0.5, 0.6) is 0 Å². The molecule has 0 unspecified atom stereocenters. The molecule has 0 radical (unpaired) electrons. The number of rotatable bonds is 5. The minimum Gasteiger partial charge on any atom is -0.447 e. The van der Waals surface area contributed by atoms with E-state index in [1.807, 2.05) is 30.3 Å². The normalized spacial score (nSPS) is 22.9. The lowest BCUT2D eigenvalue weighted by Gasteiger charge is -2.36. The third kappa shape index (κ3) is 4.13. The highest BCUT2D eigenvalue weighted by Gasteiger charge is 2.60. The first-order valence-electron chi connectivity index (χ1n) is 11.1. The fourth-order valence-electron chi connectivity index (χ4n) is 4.94. The first kappa shape index (κ1) is 24.3. The molecule has 2 fully saturated rings. The highest BCUT2D eigenvalue weighted by atomic mass is 32.2. The summed E-state index contributed by atoms with van der Waals surface area (Å²) >= 11 is 0. The van der Waals surface area contributed by atoms with Crippen LogP contribution in [-0.2, 0) is 34.5 Å². The van der Waals surface area contributed by atoms with Crippen LogP contribution < -0.4 is 0 Å². The van der Waals surface area contributed by atoms with Crippen molar-refractivity contribution in [2.75, 3.05) is 19.7 Å². The first-order valence-corrected chi connectivity index (χ1v) is 12.6. The highest BCUT2D eigenvalue weighted by Crippen LogP contribution is 2.46. The monoisotopic (exact) mass is 520 g/mol. The zero-order valence-electron chi connectivity index (χ0n) is 19.2. The molecule has 3 aromatic rings. The highest BCUT2D eigenvalue weighted by molar-refractivity contribution is 7.89. The molecule has 1 aromatic heterocycles. The Hall–Kier alpha value is -3.38. The molecule has 190 valence electrons. The maximum Gasteiger partial charge on any atom is 0.416 e. The van der Waals surface area contributed by atoms with Gasteiger partial charge in [0.05, 0.1) is 11.9 Å². The van der Waals surface area contributed by atoms with E-state index in [2.05, 4.69) is 4.98 Å². The number of ether oxygens (including phenoxy) is 1. The second kappa shape index (κ2) is 8.63. The van der Waals surface area contributed by atoms with Crippen molar-refractivity contribution in [3.8, 4) is 0 Å². The summed E-state index contributed by atoms with van der Waals surface area (Å²) in [5.41, 5.74) is -0.546. The van der Waals surface area contributed by atoms with Crippen molar-refractivity contribution < 1.29 is 31.1 Å². The Morgan fingerprint density at radius 1 is 1.11 bits per heavy atom. The quantitative estimate of drug-likeness (QED) is 0.513. The van der Waals surface area contributed by atoms with Crippen molar-refractivity contribution in [3.63, 3.8) is 0 Å². The molecule has 2 aromatic carbocycles. The third-order valence-electron chi connectivity index (χ3n) is 6.80. The number of hydrogen-bond donors (Lipinski definition) is 0. The fraction of sp³-hybridized carbons (Fsp3) is 0.333. The van der Waals surface area contributed by atoms with Crippen molar-refractivity contribution in [3.05, 3.63) is 83.8 Å². The van der Waals surface area contributed by atoms with Gasteiger partial charge in [-0.15, -0.1) is 0 Å². The van der Waals surface area contributed by atoms with Crippen molar-refractivity contribution in [1.82, 2.24) is 18.8 Å². The van der Waals surface area contributed by atoms with Gasteiger partial charge in [-0.1, -0.05) is 42.5 Å². The number of hydrogen-bond acceptors (Lipinski definition) is 5. The smallest absolute Gasteiger partial charge is 0.416 e. The molecule has 12 heteroatoms. The minimum atomic E-state index is -4.48. The Morgan fingerprint density at radius 3 is 2.42 bits per heavy atom. The SMILES string of the molecule is Cn1cnc(S(=O)(=O)N2C[C@H](c3ccccc3)[C@]3(COC(=O)N3Cc3ccc(C(F)(F)F)cc3)C2)c1. The van der Waals surface area contributed by atoms with E-state index in [-0.39, 0.29) is 31.3 Å². The van der Waals surface area contributed by atoms with Crippen molar-refractivity contribution in [1.29, 1.82) is 0 Å². The minimum absolute atomic E-state index is 0.0300. The number of imidazole rings is 1. The molecule has 1 amide bonds. The van der Waals surface area contributed by atoms with Crippen LogP contribution in [-0.4, -0.2) is 58.5 Å². The topological polar surface area (TPSA) is 84.7 Å². The molecule has 2 atom stereocenters. The molecule has 36 heavy (non-hydrogen) atoms. The molecular formula is C24H23F3N4O4S. The molecule has 2 aliphatic rings. The Bertz CT molecular complexity index is 1380. The van der Waals surface area contributed by atoms with Crippen LogP contribution in [0.4, 0.5) is 18.0 Å². The van der Waals surface area contributed by atoms with E-state index in [4.69, 9.17) is 4.74 Å². The number of nitrogens with zero attached hydrogens (tertiary/aromatic N) is 4. The fourth-order valence-corrected chi connectivity index (χ4v) is 6.42. The number of alkyl halides is 3. The Kier molecular flexibility index (Phi) is 5.83. The van der Waals surface area contributed by atoms with E-state index < -0.39 is 39.3 Å². The number of benzene rings is 2. The van der Waals surface area contributed by atoms with Crippen LogP contribution in [0.15, 0.2) is 72.1 Å². The zero-order valence-corrected chi connectivity index (χ0v) is 20.0. The second-order valence-corrected chi connectivity index (χ2v) is 11.0. The molecule has 2 saturated heterocycles. The lowest BCUT2D eigenvalue weighted by atomic mass is 9.81. The standard InChI is InChI=1S/C24H23F3N4O4S/c1-29-13-21(28-16-29)36(33,34)30-12-20(18-5-3-2-4-6-18)23(14-30)15-35-22(32)31(23)11-17-7-9-19(10-8-17)24(25,26)27/h2-10,13,16,20H,11-12,14-15H2,1H3/t20-,23-/m1/s1. The second-order valence-electron chi connectivity index (χ2n) is 9.08. The number of sulfonamides is 1. The summed E-state index contributed by atoms with van der Waals surface area (Å²) in [6.07, 6.45) is -2.31. The number of aromatic nitrogens is 2. The lowest BCUT2D eigenvalue weighted by Crippen LogP contribution is -2.52. The largest absolute Gasteiger partial charge is 0.447 e. The van der Waals surface area contributed by atoms with Crippen molar-refractivity contribution >= 4 is 16.1 Å². The maximum atomic E-state index is 13.4. The number of carbonyl (C=O) groups is 1. The van der Waals surface area contributed by atoms with E-state index in [0.29, 0.717) is 5.56 Å². The number of cyclic esters (lactones) is 1. The average molecular weight is 521 g/mol. The molecule has 0 bridgehead atoms. The van der Waals surface area contributed by atoms with Crippen molar-refractivity contribution in [2.45, 2.75) is 29.2 Å². The maximum absolute atomic E-state index is 13.4. The Balaban J connectivity index is 1.52. The van der Waals surface area contributed by atoms with Gasteiger partial charge in [0.15, 0.2) is 5.03 Å². The van der Waals surface area contributed by atoms with E-state index in [9.17, 15) is 26.4 Å². The average Bonchev–Trinajstić information content (AvgIpc) is 3.54. The van der Waals surface area contributed by atoms with Crippen LogP contribution in [0.3, 0.4) is 0 Å². The van der Waals surface area contributed by atoms with Crippen LogP contribution in [0.1, 0.15) is 22.6 Å². The summed E-state index contributed by atoms with van der Waals surface area (Å²) in [6.45, 7) is -0.0427. The van der Waals surface area contributed by atoms with Crippen LogP contribution in [0.25, 0.3) is 0 Å². The van der Waals surface area contributed by atoms with E-state index in [0.717, 1.165) is 17.7 Å². The number of halogens is 3. The van der Waals surface area contributed by atoms with Gasteiger partial charge >= 0.3 is 12.3 Å². The molecule has 2 aliphatic heterocycles. The van der Waals surface area contributed by atoms with Gasteiger partial charge in [0.2, 0.25) is 0 Å². The summed E-state index contributed by atoms with van der Waals surface area (Å²) in [5.74, 6) is -0.432. The lowest BCUT2D eigenvalue weighted by molar-refractivity contribution is -0.137. The molecule has 0 saturated carbocycles. The number of amides is 1. The van der Waals surface area contributed by atoms with E-state index in [1.54, 1.807) is 7.05 Å². The predicted octanol–water partition coefficient (Wildman–Crippen LogP) is 3.62. The van der Waals surface area contributed by atoms with Gasteiger partial charge in [0.1, 0.15) is 12.1 Å². The molecule has 0 N–H and O–H groups in total. The summed E-state index contributed by atoms with van der Waals surface area (Å²) in [5, 5.41) is -0.103. The molecule has 1 spiro atoms. The molecule has 8 nitrogen and oxygen atoms in total. The van der Waals surface area contributed by atoms with E-state index >= 15 is 0 Å². The van der Waals surface area contributed by atoms with Gasteiger partial charge in [-0.2, -0.15) is 17.5 Å². The number of carbonyl (C=O) groups excluding carboxylic acids is 1. The summed E-state index contributed by atoms with van der Waals surface area (Å²) in [7, 11) is -2.31. The zero-order chi connectivity index (χ0) is 25.7. The van der Waals surface area contributed by atoms with Crippen LogP contribution in [0.2, 0.25) is 0 Å². The Labute approximate surface area is 206 Å². The van der Waals surface area contributed by atoms with Gasteiger partial charge in [0, 0.05) is 38.8 Å². The van der Waals surface area contributed by atoms with Gasteiger partial charge in [-0.05, 0) is 23.3 Å². The van der Waals surface area contributed by atoms with Crippen LogP contribution >= 0.6 is 0 Å². The molecule has 5 rings (SSSR count). The summed E-state index contributed by atoms with van der Waals surface area (Å²) in [4.78, 5) is 18.4. The predicted molar refractivity (Wildman–Crippen MR) is 122 cm³/mol. The molecule has 0 aliphatic carbocycles. The molecular weight excluding hydrogens is 497 g/mol. The van der Waals surface area contributed by atoms with Crippen molar-refractivity contribution in [2.24, 2.45) is 7.05 Å². The van der Waals surface area contributed by atoms with Gasteiger partial charge in [-0.25, -0.2) is 18.2 Å².